The second-order valence-corrected chi connectivity index (χ2v) is 5.60. The predicted octanol–water partition coefficient (Wildman–Crippen LogP) is 3.99. The lowest BCUT2D eigenvalue weighted by molar-refractivity contribution is 0.451. The summed E-state index contributed by atoms with van der Waals surface area (Å²) >= 11 is 6.06. The Hall–Kier alpha value is -2.07. The van der Waals surface area contributed by atoms with Crippen molar-refractivity contribution in [3.8, 4) is 11.5 Å². The summed E-state index contributed by atoms with van der Waals surface area (Å²) in [4.78, 5) is 1.98. The average Bonchev–Trinajstić information content (AvgIpc) is 2.41. The molecule has 0 aromatic heterocycles. The maximum absolute atomic E-state index is 9.93. The molecule has 112 valence electrons. The lowest BCUT2D eigenvalue weighted by Gasteiger charge is -2.23. The first kappa shape index (κ1) is 15.3. The number of phenolic OH excluding ortho intramolecular Hbond substituents is 2. The van der Waals surface area contributed by atoms with Crippen molar-refractivity contribution in [2.45, 2.75) is 13.0 Å². The summed E-state index contributed by atoms with van der Waals surface area (Å²) in [5.74, 6) is 0.261. The third kappa shape index (κ3) is 3.52. The van der Waals surface area contributed by atoms with E-state index in [1.807, 2.05) is 44.1 Å². The van der Waals surface area contributed by atoms with Crippen LogP contribution >= 0.6 is 11.6 Å². The number of hydrogen-bond acceptors (Lipinski definition) is 4. The zero-order chi connectivity index (χ0) is 15.6. The molecule has 1 atom stereocenters. The van der Waals surface area contributed by atoms with Crippen molar-refractivity contribution in [2.75, 3.05) is 24.3 Å². The van der Waals surface area contributed by atoms with E-state index in [-0.39, 0.29) is 17.5 Å². The van der Waals surface area contributed by atoms with Gasteiger partial charge in [0.15, 0.2) is 0 Å². The van der Waals surface area contributed by atoms with Crippen LogP contribution in [-0.2, 0) is 0 Å². The van der Waals surface area contributed by atoms with Crippen LogP contribution in [0, 0.1) is 0 Å². The van der Waals surface area contributed by atoms with Gasteiger partial charge in [-0.3, -0.25) is 0 Å². The van der Waals surface area contributed by atoms with E-state index < -0.39 is 0 Å². The van der Waals surface area contributed by atoms with E-state index in [2.05, 4.69) is 5.32 Å². The summed E-state index contributed by atoms with van der Waals surface area (Å²) in [6.45, 7) is 1.91. The van der Waals surface area contributed by atoms with E-state index in [9.17, 15) is 10.2 Å². The molecule has 0 amide bonds. The molecule has 2 rings (SSSR count). The first-order chi connectivity index (χ1) is 9.88. The summed E-state index contributed by atoms with van der Waals surface area (Å²) in [6, 6.07) is 9.90. The molecule has 3 N–H and O–H groups in total. The van der Waals surface area contributed by atoms with Crippen LogP contribution in [0.3, 0.4) is 0 Å². The maximum Gasteiger partial charge on any atom is 0.121 e. The molecular formula is C16H19ClN2O2. The van der Waals surface area contributed by atoms with Gasteiger partial charge in [0.1, 0.15) is 11.5 Å². The second kappa shape index (κ2) is 6.14. The Morgan fingerprint density at radius 1 is 1.10 bits per heavy atom. The van der Waals surface area contributed by atoms with Gasteiger partial charge in [-0.15, -0.1) is 0 Å². The van der Waals surface area contributed by atoms with Crippen LogP contribution in [0.4, 0.5) is 11.4 Å². The summed E-state index contributed by atoms with van der Waals surface area (Å²) < 4.78 is 0. The fraction of sp³-hybridized carbons (Fsp3) is 0.250. The molecule has 2 aromatic rings. The molecule has 0 saturated carbocycles. The van der Waals surface area contributed by atoms with Crippen LogP contribution in [0.25, 0.3) is 0 Å². The van der Waals surface area contributed by atoms with Crippen molar-refractivity contribution >= 4 is 23.0 Å². The monoisotopic (exact) mass is 306 g/mol. The number of anilines is 2. The normalized spacial score (nSPS) is 12.0. The third-order valence-electron chi connectivity index (χ3n) is 3.29. The van der Waals surface area contributed by atoms with Crippen molar-refractivity contribution in [2.24, 2.45) is 0 Å². The molecular weight excluding hydrogens is 288 g/mol. The van der Waals surface area contributed by atoms with Gasteiger partial charge in [-0.1, -0.05) is 11.6 Å². The molecule has 0 spiro atoms. The molecule has 21 heavy (non-hydrogen) atoms. The van der Waals surface area contributed by atoms with Gasteiger partial charge >= 0.3 is 0 Å². The Kier molecular flexibility index (Phi) is 4.48. The Morgan fingerprint density at radius 3 is 2.48 bits per heavy atom. The van der Waals surface area contributed by atoms with Gasteiger partial charge in [-0.25, -0.2) is 0 Å². The number of phenols is 2. The molecule has 5 heteroatoms. The molecule has 1 unspecified atom stereocenters. The van der Waals surface area contributed by atoms with Gasteiger partial charge in [0, 0.05) is 24.7 Å². The number of benzene rings is 2. The zero-order valence-corrected chi connectivity index (χ0v) is 13.0. The number of rotatable bonds is 4. The molecule has 0 bridgehead atoms. The zero-order valence-electron chi connectivity index (χ0n) is 12.3. The SMILES string of the molecule is CC(Nc1cc(Cl)ccc1N(C)C)c1cc(O)ccc1O. The average molecular weight is 307 g/mol. The molecule has 0 heterocycles. The molecule has 4 nitrogen and oxygen atoms in total. The number of aromatic hydroxyl groups is 2. The highest BCUT2D eigenvalue weighted by Crippen LogP contribution is 2.34. The molecule has 0 aliphatic heterocycles. The quantitative estimate of drug-likeness (QED) is 0.748. The van der Waals surface area contributed by atoms with Gasteiger partial charge in [0.2, 0.25) is 0 Å². The smallest absolute Gasteiger partial charge is 0.121 e. The van der Waals surface area contributed by atoms with E-state index in [0.29, 0.717) is 10.6 Å². The van der Waals surface area contributed by atoms with E-state index in [1.54, 1.807) is 6.07 Å². The molecule has 0 fully saturated rings. The minimum atomic E-state index is -0.186. The Labute approximate surface area is 129 Å². The Morgan fingerprint density at radius 2 is 1.81 bits per heavy atom. The minimum absolute atomic E-state index is 0.121. The van der Waals surface area contributed by atoms with Crippen LogP contribution in [0.15, 0.2) is 36.4 Å². The van der Waals surface area contributed by atoms with Crippen molar-refractivity contribution in [3.05, 3.63) is 47.0 Å². The lowest BCUT2D eigenvalue weighted by atomic mass is 10.1. The summed E-state index contributed by atoms with van der Waals surface area (Å²) in [5.41, 5.74) is 2.48. The van der Waals surface area contributed by atoms with Gasteiger partial charge in [0.25, 0.3) is 0 Å². The molecule has 2 aromatic carbocycles. The van der Waals surface area contributed by atoms with Crippen LogP contribution in [-0.4, -0.2) is 24.3 Å². The number of nitrogens with zero attached hydrogens (tertiary/aromatic N) is 1. The van der Waals surface area contributed by atoms with Gasteiger partial charge in [0.05, 0.1) is 17.4 Å². The molecule has 0 saturated heterocycles. The molecule has 0 aliphatic rings. The van der Waals surface area contributed by atoms with E-state index in [1.165, 1.54) is 12.1 Å². The fourth-order valence-corrected chi connectivity index (χ4v) is 2.39. The summed E-state index contributed by atoms with van der Waals surface area (Å²) in [5, 5.41) is 23.5. The summed E-state index contributed by atoms with van der Waals surface area (Å²) in [7, 11) is 3.90. The predicted molar refractivity (Wildman–Crippen MR) is 87.6 cm³/mol. The highest BCUT2D eigenvalue weighted by molar-refractivity contribution is 6.31. The van der Waals surface area contributed by atoms with Gasteiger partial charge in [-0.05, 0) is 43.3 Å². The third-order valence-corrected chi connectivity index (χ3v) is 3.53. The number of hydrogen-bond donors (Lipinski definition) is 3. The highest BCUT2D eigenvalue weighted by Gasteiger charge is 2.14. The second-order valence-electron chi connectivity index (χ2n) is 5.17. The lowest BCUT2D eigenvalue weighted by Crippen LogP contribution is -2.14. The van der Waals surface area contributed by atoms with Crippen LogP contribution in [0.5, 0.6) is 11.5 Å². The Balaban J connectivity index is 2.33. The molecule has 0 aliphatic carbocycles. The van der Waals surface area contributed by atoms with Crippen LogP contribution in [0.1, 0.15) is 18.5 Å². The van der Waals surface area contributed by atoms with Gasteiger partial charge in [-0.2, -0.15) is 0 Å². The van der Waals surface area contributed by atoms with Crippen molar-refractivity contribution in [3.63, 3.8) is 0 Å². The maximum atomic E-state index is 9.93. The van der Waals surface area contributed by atoms with E-state index >= 15 is 0 Å². The van der Waals surface area contributed by atoms with E-state index in [4.69, 9.17) is 11.6 Å². The van der Waals surface area contributed by atoms with Crippen molar-refractivity contribution in [1.29, 1.82) is 0 Å². The van der Waals surface area contributed by atoms with Crippen LogP contribution in [0.2, 0.25) is 5.02 Å². The Bertz CT molecular complexity index is 644. The standard InChI is InChI=1S/C16H19ClN2O2/c1-10(13-9-12(20)5-7-16(13)21)18-14-8-11(17)4-6-15(14)19(2)3/h4-10,18,20-21H,1-3H3. The first-order valence-electron chi connectivity index (χ1n) is 6.63. The fourth-order valence-electron chi connectivity index (χ4n) is 2.21. The van der Waals surface area contributed by atoms with Crippen LogP contribution < -0.4 is 10.2 Å². The summed E-state index contributed by atoms with van der Waals surface area (Å²) in [6.07, 6.45) is 0. The van der Waals surface area contributed by atoms with Crippen molar-refractivity contribution < 1.29 is 10.2 Å². The minimum Gasteiger partial charge on any atom is -0.508 e. The van der Waals surface area contributed by atoms with Crippen molar-refractivity contribution in [1.82, 2.24) is 0 Å². The van der Waals surface area contributed by atoms with E-state index in [0.717, 1.165) is 11.4 Å². The largest absolute Gasteiger partial charge is 0.508 e. The van der Waals surface area contributed by atoms with Gasteiger partial charge < -0.3 is 20.4 Å². The highest BCUT2D eigenvalue weighted by atomic mass is 35.5. The number of halogens is 1. The number of nitrogens with one attached hydrogen (secondary N) is 1. The topological polar surface area (TPSA) is 55.7 Å². The first-order valence-corrected chi connectivity index (χ1v) is 7.01. The molecule has 0 radical (unpaired) electrons.